The van der Waals surface area contributed by atoms with E-state index >= 15 is 0 Å². The molecule has 0 aliphatic rings. The van der Waals surface area contributed by atoms with Crippen molar-refractivity contribution < 1.29 is 14.7 Å². The average molecular weight is 352 g/mol. The molecule has 124 valence electrons. The van der Waals surface area contributed by atoms with Crippen LogP contribution in [0.4, 0.5) is 5.69 Å². The Labute approximate surface area is 149 Å². The molecule has 0 fully saturated rings. The number of carboxylic acid groups (broad SMARTS) is 1. The summed E-state index contributed by atoms with van der Waals surface area (Å²) in [6.45, 7) is 0. The van der Waals surface area contributed by atoms with Gasteiger partial charge in [0.05, 0.1) is 11.3 Å². The van der Waals surface area contributed by atoms with E-state index in [9.17, 15) is 14.7 Å². The maximum Gasteiger partial charge on any atom is 0.337 e. The summed E-state index contributed by atoms with van der Waals surface area (Å²) in [6, 6.07) is 20.7. The predicted octanol–water partition coefficient (Wildman–Crippen LogP) is 4.96. The summed E-state index contributed by atoms with van der Waals surface area (Å²) in [5.41, 5.74) is 2.55. The highest BCUT2D eigenvalue weighted by Crippen LogP contribution is 2.23. The average Bonchev–Trinajstić information content (AvgIpc) is 2.62. The number of aromatic carboxylic acids is 1. The highest BCUT2D eigenvalue weighted by molar-refractivity contribution is 6.30. The number of para-hydroxylation sites is 1. The van der Waals surface area contributed by atoms with Crippen LogP contribution in [0.5, 0.6) is 0 Å². The molecule has 4 nitrogen and oxygen atoms in total. The summed E-state index contributed by atoms with van der Waals surface area (Å²) in [5.74, 6) is -1.46. The van der Waals surface area contributed by atoms with Crippen LogP contribution in [-0.4, -0.2) is 17.0 Å². The molecule has 0 saturated heterocycles. The predicted molar refractivity (Wildman–Crippen MR) is 98.2 cm³/mol. The van der Waals surface area contributed by atoms with Gasteiger partial charge in [-0.25, -0.2) is 4.79 Å². The van der Waals surface area contributed by atoms with E-state index in [4.69, 9.17) is 11.6 Å². The summed E-state index contributed by atoms with van der Waals surface area (Å²) >= 11 is 5.90. The van der Waals surface area contributed by atoms with Gasteiger partial charge in [0.15, 0.2) is 0 Å². The van der Waals surface area contributed by atoms with Gasteiger partial charge in [0.1, 0.15) is 0 Å². The third kappa shape index (κ3) is 3.87. The molecule has 2 N–H and O–H groups in total. The first-order chi connectivity index (χ1) is 12.0. The number of benzene rings is 3. The van der Waals surface area contributed by atoms with Crippen LogP contribution in [0.1, 0.15) is 20.7 Å². The highest BCUT2D eigenvalue weighted by atomic mass is 35.5. The molecule has 0 unspecified atom stereocenters. The van der Waals surface area contributed by atoms with Crippen molar-refractivity contribution >= 4 is 29.2 Å². The molecule has 0 heterocycles. The lowest BCUT2D eigenvalue weighted by molar-refractivity contribution is 0.0698. The molecule has 3 aromatic rings. The fraction of sp³-hybridized carbons (Fsp3) is 0. The van der Waals surface area contributed by atoms with Gasteiger partial charge < -0.3 is 10.4 Å². The molecule has 0 atom stereocenters. The van der Waals surface area contributed by atoms with Gasteiger partial charge in [-0.15, -0.1) is 0 Å². The normalized spacial score (nSPS) is 10.3. The van der Waals surface area contributed by atoms with Crippen molar-refractivity contribution in [3.8, 4) is 11.1 Å². The number of hydrogen-bond acceptors (Lipinski definition) is 2. The monoisotopic (exact) mass is 351 g/mol. The van der Waals surface area contributed by atoms with Gasteiger partial charge >= 0.3 is 5.97 Å². The summed E-state index contributed by atoms with van der Waals surface area (Å²) in [7, 11) is 0. The minimum absolute atomic E-state index is 0.0460. The number of rotatable bonds is 4. The summed E-state index contributed by atoms with van der Waals surface area (Å²) < 4.78 is 0. The molecule has 0 aliphatic carbocycles. The van der Waals surface area contributed by atoms with Crippen molar-refractivity contribution in [2.24, 2.45) is 0 Å². The molecule has 0 bridgehead atoms. The summed E-state index contributed by atoms with van der Waals surface area (Å²) in [6.07, 6.45) is 0. The van der Waals surface area contributed by atoms with E-state index in [2.05, 4.69) is 5.32 Å². The van der Waals surface area contributed by atoms with E-state index in [1.54, 1.807) is 48.5 Å². The van der Waals surface area contributed by atoms with Gasteiger partial charge in [-0.3, -0.25) is 4.79 Å². The molecule has 5 heteroatoms. The number of amides is 1. The number of nitrogens with one attached hydrogen (secondary N) is 1. The SMILES string of the molecule is O=C(Nc1ccccc1C(=O)O)c1cccc(-c2ccc(Cl)cc2)c1. The zero-order chi connectivity index (χ0) is 17.8. The van der Waals surface area contributed by atoms with Crippen LogP contribution < -0.4 is 5.32 Å². The first-order valence-corrected chi connectivity index (χ1v) is 7.92. The van der Waals surface area contributed by atoms with Crippen molar-refractivity contribution in [1.29, 1.82) is 0 Å². The molecule has 0 aromatic heterocycles. The van der Waals surface area contributed by atoms with E-state index in [0.717, 1.165) is 11.1 Å². The standard InChI is InChI=1S/C20H14ClNO3/c21-16-10-8-13(9-11-16)14-4-3-5-15(12-14)19(23)22-18-7-2-1-6-17(18)20(24)25/h1-12H,(H,22,23)(H,24,25). The minimum Gasteiger partial charge on any atom is -0.478 e. The maximum absolute atomic E-state index is 12.5. The molecule has 3 aromatic carbocycles. The molecule has 0 spiro atoms. The zero-order valence-corrected chi connectivity index (χ0v) is 13.8. The first-order valence-electron chi connectivity index (χ1n) is 7.54. The molecule has 25 heavy (non-hydrogen) atoms. The van der Waals surface area contributed by atoms with E-state index in [1.807, 2.05) is 18.2 Å². The Morgan fingerprint density at radius 3 is 2.28 bits per heavy atom. The van der Waals surface area contributed by atoms with Crippen molar-refractivity contribution in [1.82, 2.24) is 0 Å². The lowest BCUT2D eigenvalue weighted by atomic mass is 10.0. The van der Waals surface area contributed by atoms with Crippen LogP contribution in [0.2, 0.25) is 5.02 Å². The lowest BCUT2D eigenvalue weighted by Gasteiger charge is -2.09. The van der Waals surface area contributed by atoms with Gasteiger partial charge in [-0.05, 0) is 47.5 Å². The first kappa shape index (κ1) is 16.7. The minimum atomic E-state index is -1.09. The number of hydrogen-bond donors (Lipinski definition) is 2. The van der Waals surface area contributed by atoms with Crippen molar-refractivity contribution in [3.05, 3.63) is 88.9 Å². The fourth-order valence-corrected chi connectivity index (χ4v) is 2.58. The van der Waals surface area contributed by atoms with Gasteiger partial charge in [-0.2, -0.15) is 0 Å². The van der Waals surface area contributed by atoms with Crippen molar-refractivity contribution in [2.75, 3.05) is 5.32 Å². The third-order valence-corrected chi connectivity index (χ3v) is 3.96. The molecular weight excluding hydrogens is 338 g/mol. The highest BCUT2D eigenvalue weighted by Gasteiger charge is 2.13. The Kier molecular flexibility index (Phi) is 4.82. The maximum atomic E-state index is 12.5. The lowest BCUT2D eigenvalue weighted by Crippen LogP contribution is -2.14. The Hall–Kier alpha value is -3.11. The van der Waals surface area contributed by atoms with E-state index in [-0.39, 0.29) is 17.2 Å². The molecule has 0 radical (unpaired) electrons. The Morgan fingerprint density at radius 2 is 1.56 bits per heavy atom. The fourth-order valence-electron chi connectivity index (χ4n) is 2.46. The molecule has 1 amide bonds. The summed E-state index contributed by atoms with van der Waals surface area (Å²) in [5, 5.41) is 12.5. The number of anilines is 1. The Morgan fingerprint density at radius 1 is 0.840 bits per heavy atom. The summed E-state index contributed by atoms with van der Waals surface area (Å²) in [4.78, 5) is 23.7. The second-order valence-corrected chi connectivity index (χ2v) is 5.83. The smallest absolute Gasteiger partial charge is 0.337 e. The van der Waals surface area contributed by atoms with Crippen LogP contribution in [0.25, 0.3) is 11.1 Å². The van der Waals surface area contributed by atoms with Crippen LogP contribution in [0.3, 0.4) is 0 Å². The van der Waals surface area contributed by atoms with Crippen LogP contribution >= 0.6 is 11.6 Å². The van der Waals surface area contributed by atoms with E-state index < -0.39 is 5.97 Å². The molecule has 0 saturated carbocycles. The van der Waals surface area contributed by atoms with E-state index in [1.165, 1.54) is 6.07 Å². The Bertz CT molecular complexity index is 936. The second-order valence-electron chi connectivity index (χ2n) is 5.39. The molecule has 3 rings (SSSR count). The zero-order valence-electron chi connectivity index (χ0n) is 13.1. The van der Waals surface area contributed by atoms with Gasteiger partial charge in [0.25, 0.3) is 5.91 Å². The quantitative estimate of drug-likeness (QED) is 0.698. The van der Waals surface area contributed by atoms with Crippen LogP contribution in [0, 0.1) is 0 Å². The van der Waals surface area contributed by atoms with Gasteiger partial charge in [-0.1, -0.05) is 48.0 Å². The number of carboxylic acids is 1. The van der Waals surface area contributed by atoms with Gasteiger partial charge in [0, 0.05) is 10.6 Å². The van der Waals surface area contributed by atoms with Gasteiger partial charge in [0.2, 0.25) is 0 Å². The van der Waals surface area contributed by atoms with Crippen molar-refractivity contribution in [2.45, 2.75) is 0 Å². The number of halogens is 1. The van der Waals surface area contributed by atoms with Crippen LogP contribution in [0.15, 0.2) is 72.8 Å². The van der Waals surface area contributed by atoms with Crippen molar-refractivity contribution in [3.63, 3.8) is 0 Å². The third-order valence-electron chi connectivity index (χ3n) is 3.71. The number of carbonyl (C=O) groups is 2. The topological polar surface area (TPSA) is 66.4 Å². The number of carbonyl (C=O) groups excluding carboxylic acids is 1. The van der Waals surface area contributed by atoms with Crippen LogP contribution in [-0.2, 0) is 0 Å². The second kappa shape index (κ2) is 7.20. The largest absolute Gasteiger partial charge is 0.478 e. The molecular formula is C20H14ClNO3. The molecule has 0 aliphatic heterocycles. The Balaban J connectivity index is 1.87. The van der Waals surface area contributed by atoms with E-state index in [0.29, 0.717) is 10.6 Å².